The van der Waals surface area contributed by atoms with E-state index in [0.717, 1.165) is 23.4 Å². The van der Waals surface area contributed by atoms with Gasteiger partial charge in [0, 0.05) is 22.5 Å². The van der Waals surface area contributed by atoms with E-state index in [4.69, 9.17) is 0 Å². The molecule has 1 aliphatic carbocycles. The Morgan fingerprint density at radius 1 is 1.11 bits per heavy atom. The molecule has 0 saturated heterocycles. The lowest BCUT2D eigenvalue weighted by molar-refractivity contribution is 0.628. The fourth-order valence-corrected chi connectivity index (χ4v) is 3.06. The molecule has 0 aliphatic heterocycles. The van der Waals surface area contributed by atoms with Gasteiger partial charge in [-0.25, -0.2) is 14.4 Å². The van der Waals surface area contributed by atoms with Crippen molar-refractivity contribution in [3.63, 3.8) is 0 Å². The van der Waals surface area contributed by atoms with Gasteiger partial charge < -0.3 is 0 Å². The van der Waals surface area contributed by atoms with E-state index in [2.05, 4.69) is 32.0 Å². The number of nitrogens with zero attached hydrogens (tertiary/aromatic N) is 2. The Morgan fingerprint density at radius 3 is 2.84 bits per heavy atom. The normalized spacial score (nSPS) is 12.5. The predicted octanol–water partition coefficient (Wildman–Crippen LogP) is 4.10. The summed E-state index contributed by atoms with van der Waals surface area (Å²) >= 11 is 3.35. The van der Waals surface area contributed by atoms with Crippen molar-refractivity contribution in [3.8, 4) is 11.3 Å². The van der Waals surface area contributed by atoms with Crippen molar-refractivity contribution < 1.29 is 4.39 Å². The van der Waals surface area contributed by atoms with Gasteiger partial charge in [-0.1, -0.05) is 24.3 Å². The number of hydrogen-bond acceptors (Lipinski definition) is 2. The first-order chi connectivity index (χ1) is 9.22. The van der Waals surface area contributed by atoms with E-state index in [1.165, 1.54) is 17.7 Å². The SMILES string of the molecule is Fc1cc(Br)c2nc3c(nc2c1)-c1ccccc1C3. The van der Waals surface area contributed by atoms with E-state index in [1.807, 2.05) is 18.2 Å². The maximum absolute atomic E-state index is 13.4. The highest BCUT2D eigenvalue weighted by molar-refractivity contribution is 9.10. The molecule has 0 atom stereocenters. The van der Waals surface area contributed by atoms with Gasteiger partial charge in [0.1, 0.15) is 11.3 Å². The molecule has 0 saturated carbocycles. The maximum Gasteiger partial charge on any atom is 0.126 e. The second-order valence-corrected chi connectivity index (χ2v) is 5.46. The van der Waals surface area contributed by atoms with Crippen LogP contribution in [0.25, 0.3) is 22.3 Å². The highest BCUT2D eigenvalue weighted by Gasteiger charge is 2.22. The molecule has 2 aromatic carbocycles. The maximum atomic E-state index is 13.4. The first kappa shape index (κ1) is 11.1. The van der Waals surface area contributed by atoms with Crippen LogP contribution in [0.15, 0.2) is 40.9 Å². The smallest absolute Gasteiger partial charge is 0.126 e. The average Bonchev–Trinajstić information content (AvgIpc) is 2.74. The van der Waals surface area contributed by atoms with E-state index in [0.29, 0.717) is 15.5 Å². The quantitative estimate of drug-likeness (QED) is 0.488. The fourth-order valence-electron chi connectivity index (χ4n) is 2.55. The Labute approximate surface area is 117 Å². The minimum Gasteiger partial charge on any atom is -0.247 e. The van der Waals surface area contributed by atoms with Crippen LogP contribution in [0.4, 0.5) is 4.39 Å². The molecule has 1 aromatic heterocycles. The molecule has 0 fully saturated rings. The van der Waals surface area contributed by atoms with Crippen LogP contribution in [0, 0.1) is 5.82 Å². The van der Waals surface area contributed by atoms with Gasteiger partial charge in [0.15, 0.2) is 0 Å². The predicted molar refractivity (Wildman–Crippen MR) is 75.4 cm³/mol. The fraction of sp³-hybridized carbons (Fsp3) is 0.0667. The number of fused-ring (bicyclic) bond motifs is 4. The first-order valence-corrected chi connectivity index (χ1v) is 6.75. The van der Waals surface area contributed by atoms with Gasteiger partial charge in [-0.3, -0.25) is 0 Å². The van der Waals surface area contributed by atoms with Crippen LogP contribution in [0.1, 0.15) is 11.3 Å². The van der Waals surface area contributed by atoms with Crippen LogP contribution in [0.2, 0.25) is 0 Å². The van der Waals surface area contributed by atoms with Crippen molar-refractivity contribution in [1.82, 2.24) is 9.97 Å². The summed E-state index contributed by atoms with van der Waals surface area (Å²) < 4.78 is 14.1. The summed E-state index contributed by atoms with van der Waals surface area (Å²) in [5, 5.41) is 0. The molecule has 2 nitrogen and oxygen atoms in total. The van der Waals surface area contributed by atoms with E-state index < -0.39 is 0 Å². The summed E-state index contributed by atoms with van der Waals surface area (Å²) in [6.07, 6.45) is 0.790. The molecular formula is C15H8BrFN2. The lowest BCUT2D eigenvalue weighted by Crippen LogP contribution is -1.94. The zero-order valence-corrected chi connectivity index (χ0v) is 11.4. The minimum absolute atomic E-state index is 0.306. The van der Waals surface area contributed by atoms with Crippen molar-refractivity contribution in [2.45, 2.75) is 6.42 Å². The van der Waals surface area contributed by atoms with Gasteiger partial charge in [0.05, 0.1) is 16.9 Å². The Bertz CT molecular complexity index is 830. The van der Waals surface area contributed by atoms with E-state index >= 15 is 0 Å². The van der Waals surface area contributed by atoms with Crippen molar-refractivity contribution in [2.75, 3.05) is 0 Å². The Balaban J connectivity index is 2.07. The molecule has 0 spiro atoms. The van der Waals surface area contributed by atoms with E-state index in [1.54, 1.807) is 0 Å². The van der Waals surface area contributed by atoms with Crippen LogP contribution < -0.4 is 0 Å². The summed E-state index contributed by atoms with van der Waals surface area (Å²) in [4.78, 5) is 9.22. The second-order valence-electron chi connectivity index (χ2n) is 4.61. The van der Waals surface area contributed by atoms with Crippen molar-refractivity contribution >= 4 is 27.0 Å². The van der Waals surface area contributed by atoms with Crippen LogP contribution >= 0.6 is 15.9 Å². The second kappa shape index (κ2) is 3.84. The zero-order chi connectivity index (χ0) is 13.0. The van der Waals surface area contributed by atoms with Crippen LogP contribution in [0.3, 0.4) is 0 Å². The molecule has 1 heterocycles. The Morgan fingerprint density at radius 2 is 1.95 bits per heavy atom. The molecule has 0 radical (unpaired) electrons. The zero-order valence-electron chi connectivity index (χ0n) is 9.82. The molecule has 92 valence electrons. The number of halogens is 2. The number of rotatable bonds is 0. The van der Waals surface area contributed by atoms with Crippen molar-refractivity contribution in [3.05, 3.63) is 57.9 Å². The van der Waals surface area contributed by atoms with Gasteiger partial charge in [-0.05, 0) is 27.6 Å². The molecule has 3 aromatic rings. The highest BCUT2D eigenvalue weighted by atomic mass is 79.9. The topological polar surface area (TPSA) is 25.8 Å². The third kappa shape index (κ3) is 1.60. The van der Waals surface area contributed by atoms with Crippen LogP contribution in [0.5, 0.6) is 0 Å². The van der Waals surface area contributed by atoms with Crippen LogP contribution in [-0.2, 0) is 6.42 Å². The Hall–Kier alpha value is -1.81. The van der Waals surface area contributed by atoms with Crippen molar-refractivity contribution in [1.29, 1.82) is 0 Å². The molecule has 0 unspecified atom stereocenters. The summed E-state index contributed by atoms with van der Waals surface area (Å²) in [7, 11) is 0. The molecule has 19 heavy (non-hydrogen) atoms. The lowest BCUT2D eigenvalue weighted by Gasteiger charge is -2.04. The third-order valence-corrected chi connectivity index (χ3v) is 4.00. The number of benzene rings is 2. The third-order valence-electron chi connectivity index (χ3n) is 3.39. The van der Waals surface area contributed by atoms with Gasteiger partial charge in [-0.2, -0.15) is 0 Å². The summed E-state index contributed by atoms with van der Waals surface area (Å²) in [5.41, 5.74) is 5.47. The molecule has 0 amide bonds. The highest BCUT2D eigenvalue weighted by Crippen LogP contribution is 2.36. The molecule has 4 heteroatoms. The van der Waals surface area contributed by atoms with Crippen LogP contribution in [-0.4, -0.2) is 9.97 Å². The first-order valence-electron chi connectivity index (χ1n) is 5.96. The van der Waals surface area contributed by atoms with E-state index in [-0.39, 0.29) is 5.82 Å². The average molecular weight is 315 g/mol. The van der Waals surface area contributed by atoms with Gasteiger partial charge >= 0.3 is 0 Å². The number of hydrogen-bond donors (Lipinski definition) is 0. The van der Waals surface area contributed by atoms with E-state index in [9.17, 15) is 4.39 Å². The Kier molecular flexibility index (Phi) is 2.23. The van der Waals surface area contributed by atoms with Gasteiger partial charge in [0.25, 0.3) is 0 Å². The lowest BCUT2D eigenvalue weighted by atomic mass is 10.1. The summed E-state index contributed by atoms with van der Waals surface area (Å²) in [6, 6.07) is 11.0. The largest absolute Gasteiger partial charge is 0.247 e. The van der Waals surface area contributed by atoms with Gasteiger partial charge in [-0.15, -0.1) is 0 Å². The molecule has 1 aliphatic rings. The molecular weight excluding hydrogens is 307 g/mol. The monoisotopic (exact) mass is 314 g/mol. The summed E-state index contributed by atoms with van der Waals surface area (Å²) in [6.45, 7) is 0. The van der Waals surface area contributed by atoms with Gasteiger partial charge in [0.2, 0.25) is 0 Å². The molecule has 0 bridgehead atoms. The summed E-state index contributed by atoms with van der Waals surface area (Å²) in [5.74, 6) is -0.306. The standard InChI is InChI=1S/C15H8BrFN2/c16-11-6-9(17)7-13-15(11)19-12-5-8-3-1-2-4-10(8)14(12)18-13/h1-4,6-7H,5H2. The number of aromatic nitrogens is 2. The molecule has 4 rings (SSSR count). The minimum atomic E-state index is -0.306. The van der Waals surface area contributed by atoms with Crippen molar-refractivity contribution in [2.24, 2.45) is 0 Å². The molecule has 0 N–H and O–H groups in total.